The zero-order valence-electron chi connectivity index (χ0n) is 16.1. The van der Waals surface area contributed by atoms with Crippen molar-refractivity contribution in [1.82, 2.24) is 4.90 Å². The number of amides is 1. The standard InChI is InChI=1S/C20H27NO5/c1-12-10-21(11-13(2)26-12)20(22)14-6-7-16-15(8-14)9-17(23-3)19(25-5)18(16)24-4/h8-9,12-13H,6-7,10-11H2,1-5H3. The Morgan fingerprint density at radius 3 is 2.27 bits per heavy atom. The monoisotopic (exact) mass is 361 g/mol. The SMILES string of the molecule is COc1cc2c(c(OC)c1OC)CCC(C(=O)N1CC(C)OC(C)C1)=C2. The van der Waals surface area contributed by atoms with E-state index in [9.17, 15) is 4.79 Å². The maximum atomic E-state index is 13.0. The maximum Gasteiger partial charge on any atom is 0.249 e. The summed E-state index contributed by atoms with van der Waals surface area (Å²) in [6.07, 6.45) is 3.48. The number of morpholine rings is 1. The van der Waals surface area contributed by atoms with Gasteiger partial charge in [-0.2, -0.15) is 0 Å². The van der Waals surface area contributed by atoms with Gasteiger partial charge in [-0.1, -0.05) is 0 Å². The summed E-state index contributed by atoms with van der Waals surface area (Å²) in [5, 5.41) is 0. The molecular formula is C20H27NO5. The molecule has 2 unspecified atom stereocenters. The minimum absolute atomic E-state index is 0.0589. The summed E-state index contributed by atoms with van der Waals surface area (Å²) < 4.78 is 22.2. The van der Waals surface area contributed by atoms with Crippen LogP contribution in [0.2, 0.25) is 0 Å². The minimum atomic E-state index is 0.0589. The third kappa shape index (κ3) is 3.38. The van der Waals surface area contributed by atoms with Gasteiger partial charge in [-0.05, 0) is 44.4 Å². The molecule has 1 heterocycles. The van der Waals surface area contributed by atoms with Gasteiger partial charge in [0.1, 0.15) is 0 Å². The van der Waals surface area contributed by atoms with Crippen molar-refractivity contribution in [1.29, 1.82) is 0 Å². The summed E-state index contributed by atoms with van der Waals surface area (Å²) >= 11 is 0. The average molecular weight is 361 g/mol. The van der Waals surface area contributed by atoms with Crippen LogP contribution in [0.5, 0.6) is 17.2 Å². The number of nitrogens with zero attached hydrogens (tertiary/aromatic N) is 1. The molecule has 0 radical (unpaired) electrons. The highest BCUT2D eigenvalue weighted by Crippen LogP contribution is 2.45. The summed E-state index contributed by atoms with van der Waals surface area (Å²) in [4.78, 5) is 14.9. The summed E-state index contributed by atoms with van der Waals surface area (Å²) in [6, 6.07) is 1.91. The van der Waals surface area contributed by atoms with Gasteiger partial charge >= 0.3 is 0 Å². The fourth-order valence-corrected chi connectivity index (χ4v) is 3.86. The predicted molar refractivity (Wildman–Crippen MR) is 99.0 cm³/mol. The van der Waals surface area contributed by atoms with E-state index in [2.05, 4.69) is 0 Å². The highest BCUT2D eigenvalue weighted by Gasteiger charge is 2.30. The molecule has 2 atom stereocenters. The molecule has 1 amide bonds. The Kier molecular flexibility index (Phi) is 5.41. The quantitative estimate of drug-likeness (QED) is 0.825. The molecule has 1 aliphatic carbocycles. The molecule has 0 N–H and O–H groups in total. The normalized spacial score (nSPS) is 22.3. The van der Waals surface area contributed by atoms with E-state index in [-0.39, 0.29) is 18.1 Å². The van der Waals surface area contributed by atoms with Gasteiger partial charge in [0, 0.05) is 24.2 Å². The first-order valence-electron chi connectivity index (χ1n) is 8.95. The number of rotatable bonds is 4. The second-order valence-corrected chi connectivity index (χ2v) is 6.85. The minimum Gasteiger partial charge on any atom is -0.493 e. The van der Waals surface area contributed by atoms with E-state index in [0.29, 0.717) is 36.8 Å². The topological polar surface area (TPSA) is 57.2 Å². The molecule has 0 spiro atoms. The lowest BCUT2D eigenvalue weighted by Crippen LogP contribution is -2.48. The molecule has 3 rings (SSSR count). The lowest BCUT2D eigenvalue weighted by Gasteiger charge is -2.36. The molecule has 1 saturated heterocycles. The zero-order chi connectivity index (χ0) is 18.8. The van der Waals surface area contributed by atoms with Crippen molar-refractivity contribution in [3.05, 3.63) is 22.8 Å². The van der Waals surface area contributed by atoms with Crippen LogP contribution in [0.1, 0.15) is 31.4 Å². The second kappa shape index (κ2) is 7.58. The van der Waals surface area contributed by atoms with Gasteiger partial charge in [0.25, 0.3) is 0 Å². The van der Waals surface area contributed by atoms with Crippen molar-refractivity contribution in [3.63, 3.8) is 0 Å². The first-order chi connectivity index (χ1) is 12.5. The van der Waals surface area contributed by atoms with E-state index in [1.54, 1.807) is 21.3 Å². The van der Waals surface area contributed by atoms with Crippen LogP contribution in [0.3, 0.4) is 0 Å². The van der Waals surface area contributed by atoms with Crippen LogP contribution in [0.25, 0.3) is 6.08 Å². The molecular weight excluding hydrogens is 334 g/mol. The lowest BCUT2D eigenvalue weighted by molar-refractivity contribution is -0.139. The van der Waals surface area contributed by atoms with Gasteiger partial charge in [0.2, 0.25) is 11.7 Å². The smallest absolute Gasteiger partial charge is 0.249 e. The highest BCUT2D eigenvalue weighted by atomic mass is 16.5. The number of hydrogen-bond acceptors (Lipinski definition) is 5. The molecule has 1 aliphatic heterocycles. The molecule has 1 aromatic rings. The molecule has 26 heavy (non-hydrogen) atoms. The van der Waals surface area contributed by atoms with E-state index < -0.39 is 0 Å². The van der Waals surface area contributed by atoms with E-state index in [1.165, 1.54) is 0 Å². The van der Waals surface area contributed by atoms with Crippen LogP contribution in [-0.2, 0) is 16.0 Å². The number of benzene rings is 1. The van der Waals surface area contributed by atoms with Crippen molar-refractivity contribution >= 4 is 12.0 Å². The van der Waals surface area contributed by atoms with Gasteiger partial charge in [0.15, 0.2) is 11.5 Å². The molecule has 0 bridgehead atoms. The number of carbonyl (C=O) groups is 1. The first kappa shape index (κ1) is 18.6. The van der Waals surface area contributed by atoms with Crippen molar-refractivity contribution in [2.75, 3.05) is 34.4 Å². The second-order valence-electron chi connectivity index (χ2n) is 6.85. The third-order valence-corrected chi connectivity index (χ3v) is 4.92. The summed E-state index contributed by atoms with van der Waals surface area (Å²) in [5.74, 6) is 1.96. The Morgan fingerprint density at radius 1 is 1.04 bits per heavy atom. The Balaban J connectivity index is 1.94. The first-order valence-corrected chi connectivity index (χ1v) is 8.95. The molecule has 0 saturated carbocycles. The Morgan fingerprint density at radius 2 is 1.69 bits per heavy atom. The number of methoxy groups -OCH3 is 3. The van der Waals surface area contributed by atoms with Crippen LogP contribution in [-0.4, -0.2) is 57.4 Å². The van der Waals surface area contributed by atoms with E-state index >= 15 is 0 Å². The maximum absolute atomic E-state index is 13.0. The lowest BCUT2D eigenvalue weighted by atomic mass is 9.90. The van der Waals surface area contributed by atoms with Crippen molar-refractivity contribution in [3.8, 4) is 17.2 Å². The molecule has 6 heteroatoms. The Bertz CT molecular complexity index is 717. The fourth-order valence-electron chi connectivity index (χ4n) is 3.86. The van der Waals surface area contributed by atoms with E-state index in [0.717, 1.165) is 23.1 Å². The summed E-state index contributed by atoms with van der Waals surface area (Å²) in [6.45, 7) is 5.26. The largest absolute Gasteiger partial charge is 0.493 e. The third-order valence-electron chi connectivity index (χ3n) is 4.92. The Hall–Kier alpha value is -2.21. The van der Waals surface area contributed by atoms with Crippen LogP contribution >= 0.6 is 0 Å². The van der Waals surface area contributed by atoms with Crippen molar-refractivity contribution in [2.24, 2.45) is 0 Å². The van der Waals surface area contributed by atoms with Crippen LogP contribution in [0, 0.1) is 0 Å². The summed E-state index contributed by atoms with van der Waals surface area (Å²) in [7, 11) is 4.82. The fraction of sp³-hybridized carbons (Fsp3) is 0.550. The van der Waals surface area contributed by atoms with Gasteiger partial charge in [-0.25, -0.2) is 0 Å². The Labute approximate surface area is 154 Å². The highest BCUT2D eigenvalue weighted by molar-refractivity contribution is 5.99. The van der Waals surface area contributed by atoms with E-state index in [4.69, 9.17) is 18.9 Å². The van der Waals surface area contributed by atoms with Gasteiger partial charge in [-0.3, -0.25) is 4.79 Å². The van der Waals surface area contributed by atoms with Gasteiger partial charge in [-0.15, -0.1) is 0 Å². The van der Waals surface area contributed by atoms with Crippen LogP contribution in [0.4, 0.5) is 0 Å². The van der Waals surface area contributed by atoms with Crippen molar-refractivity contribution < 1.29 is 23.7 Å². The molecule has 1 aromatic carbocycles. The number of ether oxygens (including phenoxy) is 4. The van der Waals surface area contributed by atoms with Gasteiger partial charge < -0.3 is 23.8 Å². The molecule has 6 nitrogen and oxygen atoms in total. The van der Waals surface area contributed by atoms with Crippen molar-refractivity contribution in [2.45, 2.75) is 38.9 Å². The van der Waals surface area contributed by atoms with Gasteiger partial charge in [0.05, 0.1) is 33.5 Å². The van der Waals surface area contributed by atoms with E-state index in [1.807, 2.05) is 30.9 Å². The predicted octanol–water partition coefficient (Wildman–Crippen LogP) is 2.68. The van der Waals surface area contributed by atoms with Crippen LogP contribution < -0.4 is 14.2 Å². The molecule has 2 aliphatic rings. The summed E-state index contributed by atoms with van der Waals surface area (Å²) in [5.41, 5.74) is 2.81. The zero-order valence-corrected chi connectivity index (χ0v) is 16.1. The molecule has 1 fully saturated rings. The average Bonchev–Trinajstić information content (AvgIpc) is 2.64. The van der Waals surface area contributed by atoms with Crippen LogP contribution in [0.15, 0.2) is 11.6 Å². The number of hydrogen-bond donors (Lipinski definition) is 0. The molecule has 142 valence electrons. The molecule has 0 aromatic heterocycles. The number of carbonyl (C=O) groups excluding carboxylic acids is 1. The number of fused-ring (bicyclic) bond motifs is 1.